The SMILES string of the molecule is CCOC(=O)/C(=C/c1c(-c2ccccc2)nc2ccc3c(C)cc(C)nc3n12)N=C=Nc1ccccc1. The van der Waals surface area contributed by atoms with Crippen molar-refractivity contribution >= 4 is 40.4 Å². The Bertz CT molecular complexity index is 1700. The average molecular weight is 488 g/mol. The standard InChI is InChI=1S/C30H25N5O2/c1-4-37-30(36)25(32-19-31-23-13-9-6-10-14-23)18-26-28(22-11-7-5-8-12-22)34-27-16-15-24-20(2)17-21(3)33-29(24)35(26)27/h5-18H,4H2,1-3H3/b25-18-. The van der Waals surface area contributed by atoms with Crippen LogP contribution in [0.15, 0.2) is 94.5 Å². The van der Waals surface area contributed by atoms with Crippen molar-refractivity contribution in [3.63, 3.8) is 0 Å². The summed E-state index contributed by atoms with van der Waals surface area (Å²) in [6.45, 7) is 5.99. The fourth-order valence-electron chi connectivity index (χ4n) is 4.20. The van der Waals surface area contributed by atoms with Crippen molar-refractivity contribution in [1.29, 1.82) is 0 Å². The van der Waals surface area contributed by atoms with E-state index in [1.165, 1.54) is 0 Å². The number of carbonyl (C=O) groups excluding carboxylic acids is 1. The lowest BCUT2D eigenvalue weighted by Crippen LogP contribution is -2.06. The van der Waals surface area contributed by atoms with Crippen LogP contribution in [0.25, 0.3) is 34.0 Å². The molecule has 0 atom stereocenters. The molecule has 2 aromatic carbocycles. The Hall–Kier alpha value is -4.87. The highest BCUT2D eigenvalue weighted by Crippen LogP contribution is 2.30. The van der Waals surface area contributed by atoms with Crippen molar-refractivity contribution in [3.05, 3.63) is 102 Å². The Kier molecular flexibility index (Phi) is 6.70. The van der Waals surface area contributed by atoms with Crippen LogP contribution in [0.2, 0.25) is 0 Å². The summed E-state index contributed by atoms with van der Waals surface area (Å²) in [5.41, 5.74) is 6.45. The van der Waals surface area contributed by atoms with Crippen LogP contribution in [-0.2, 0) is 9.53 Å². The van der Waals surface area contributed by atoms with E-state index in [4.69, 9.17) is 14.7 Å². The topological polar surface area (TPSA) is 81.2 Å². The summed E-state index contributed by atoms with van der Waals surface area (Å²) in [6, 6.07) is 27.8. The minimum atomic E-state index is -0.576. The maximum absolute atomic E-state index is 13.0. The third-order valence-corrected chi connectivity index (χ3v) is 5.83. The van der Waals surface area contributed by atoms with Crippen molar-refractivity contribution in [1.82, 2.24) is 14.4 Å². The number of fused-ring (bicyclic) bond motifs is 3. The number of benzene rings is 2. The summed E-state index contributed by atoms with van der Waals surface area (Å²) in [6.07, 6.45) is 1.67. The molecule has 37 heavy (non-hydrogen) atoms. The van der Waals surface area contributed by atoms with Crippen LogP contribution in [0.3, 0.4) is 0 Å². The van der Waals surface area contributed by atoms with E-state index in [0.29, 0.717) is 22.7 Å². The first kappa shape index (κ1) is 23.9. The number of aryl methyl sites for hydroxylation is 2. The molecule has 0 N–H and O–H groups in total. The summed E-state index contributed by atoms with van der Waals surface area (Å²) in [5, 5.41) is 0.997. The van der Waals surface area contributed by atoms with Gasteiger partial charge in [0.05, 0.1) is 23.7 Å². The van der Waals surface area contributed by atoms with E-state index in [2.05, 4.69) is 22.9 Å². The van der Waals surface area contributed by atoms with Gasteiger partial charge in [0.2, 0.25) is 0 Å². The largest absolute Gasteiger partial charge is 0.461 e. The van der Waals surface area contributed by atoms with Crippen molar-refractivity contribution in [3.8, 4) is 11.3 Å². The normalized spacial score (nSPS) is 11.4. The van der Waals surface area contributed by atoms with Crippen LogP contribution in [0.5, 0.6) is 0 Å². The number of hydrogen-bond donors (Lipinski definition) is 0. The van der Waals surface area contributed by atoms with E-state index < -0.39 is 5.97 Å². The molecule has 0 amide bonds. The quantitative estimate of drug-likeness (QED) is 0.154. The predicted octanol–water partition coefficient (Wildman–Crippen LogP) is 6.58. The van der Waals surface area contributed by atoms with Gasteiger partial charge in [-0.25, -0.2) is 14.8 Å². The monoisotopic (exact) mass is 487 g/mol. The number of esters is 1. The molecule has 5 aromatic rings. The number of aliphatic imine (C=N–C) groups is 2. The highest BCUT2D eigenvalue weighted by molar-refractivity contribution is 5.96. The molecule has 0 aliphatic rings. The molecular weight excluding hydrogens is 462 g/mol. The van der Waals surface area contributed by atoms with Gasteiger partial charge in [0, 0.05) is 16.6 Å². The maximum atomic E-state index is 13.0. The number of aromatic nitrogens is 3. The first-order valence-electron chi connectivity index (χ1n) is 12.0. The summed E-state index contributed by atoms with van der Waals surface area (Å²) in [4.78, 5) is 31.2. The number of pyridine rings is 2. The first-order chi connectivity index (χ1) is 18.0. The lowest BCUT2D eigenvalue weighted by atomic mass is 10.1. The Morgan fingerprint density at radius 1 is 1.00 bits per heavy atom. The molecule has 7 nitrogen and oxygen atoms in total. The molecule has 0 saturated carbocycles. The van der Waals surface area contributed by atoms with Gasteiger partial charge < -0.3 is 4.74 Å². The van der Waals surface area contributed by atoms with Gasteiger partial charge in [0.25, 0.3) is 0 Å². The number of imidazole rings is 1. The lowest BCUT2D eigenvalue weighted by molar-refractivity contribution is -0.138. The smallest absolute Gasteiger partial charge is 0.357 e. The summed E-state index contributed by atoms with van der Waals surface area (Å²) < 4.78 is 7.27. The molecular formula is C30H25N5O2. The van der Waals surface area contributed by atoms with Gasteiger partial charge in [-0.15, -0.1) is 0 Å². The van der Waals surface area contributed by atoms with Crippen molar-refractivity contribution < 1.29 is 9.53 Å². The number of nitrogens with zero attached hydrogens (tertiary/aromatic N) is 5. The predicted molar refractivity (Wildman–Crippen MR) is 146 cm³/mol. The highest BCUT2D eigenvalue weighted by atomic mass is 16.5. The van der Waals surface area contributed by atoms with Crippen molar-refractivity contribution in [2.75, 3.05) is 6.61 Å². The molecule has 0 unspecified atom stereocenters. The summed E-state index contributed by atoms with van der Waals surface area (Å²) >= 11 is 0. The number of ether oxygens (including phenoxy) is 1. The Morgan fingerprint density at radius 2 is 1.73 bits per heavy atom. The number of rotatable bonds is 6. The summed E-state index contributed by atoms with van der Waals surface area (Å²) in [5.74, 6) is -0.576. The van der Waals surface area contributed by atoms with Gasteiger partial charge in [0.1, 0.15) is 17.3 Å². The zero-order valence-electron chi connectivity index (χ0n) is 20.8. The average Bonchev–Trinajstić information content (AvgIpc) is 3.28. The molecule has 0 bridgehead atoms. The number of carbonyl (C=O) groups is 1. The molecule has 0 aliphatic carbocycles. The van der Waals surface area contributed by atoms with Crippen LogP contribution >= 0.6 is 0 Å². The molecule has 3 aromatic heterocycles. The van der Waals surface area contributed by atoms with E-state index >= 15 is 0 Å². The zero-order chi connectivity index (χ0) is 25.8. The van der Waals surface area contributed by atoms with Crippen molar-refractivity contribution in [2.45, 2.75) is 20.8 Å². The lowest BCUT2D eigenvalue weighted by Gasteiger charge is -2.08. The van der Waals surface area contributed by atoms with E-state index in [0.717, 1.165) is 27.9 Å². The molecule has 7 heteroatoms. The van der Waals surface area contributed by atoms with Crippen LogP contribution < -0.4 is 0 Å². The Morgan fingerprint density at radius 3 is 2.46 bits per heavy atom. The van der Waals surface area contributed by atoms with E-state index in [-0.39, 0.29) is 12.3 Å². The minimum Gasteiger partial charge on any atom is -0.461 e. The summed E-state index contributed by atoms with van der Waals surface area (Å²) in [7, 11) is 0. The highest BCUT2D eigenvalue weighted by Gasteiger charge is 2.19. The molecule has 0 spiro atoms. The molecule has 5 rings (SSSR count). The molecule has 0 saturated heterocycles. The van der Waals surface area contributed by atoms with Crippen LogP contribution in [0.1, 0.15) is 23.9 Å². The molecule has 182 valence electrons. The maximum Gasteiger partial charge on any atom is 0.357 e. The van der Waals surface area contributed by atoms with E-state index in [9.17, 15) is 4.79 Å². The van der Waals surface area contributed by atoms with Gasteiger partial charge in [-0.1, -0.05) is 48.5 Å². The van der Waals surface area contributed by atoms with Crippen LogP contribution in [-0.4, -0.2) is 33.0 Å². The second-order valence-corrected chi connectivity index (χ2v) is 8.47. The fraction of sp³-hybridized carbons (Fsp3) is 0.133. The second kappa shape index (κ2) is 10.4. The van der Waals surface area contributed by atoms with Crippen LogP contribution in [0.4, 0.5) is 5.69 Å². The third kappa shape index (κ3) is 4.94. The number of hydrogen-bond acceptors (Lipinski definition) is 6. The van der Waals surface area contributed by atoms with E-state index in [1.54, 1.807) is 13.0 Å². The van der Waals surface area contributed by atoms with Gasteiger partial charge >= 0.3 is 5.97 Å². The second-order valence-electron chi connectivity index (χ2n) is 8.47. The van der Waals surface area contributed by atoms with Gasteiger partial charge in [-0.2, -0.15) is 9.98 Å². The van der Waals surface area contributed by atoms with Crippen LogP contribution in [0, 0.1) is 13.8 Å². The molecule has 0 fully saturated rings. The minimum absolute atomic E-state index is 0.0573. The number of para-hydroxylation sites is 1. The fourth-order valence-corrected chi connectivity index (χ4v) is 4.20. The molecule has 3 heterocycles. The van der Waals surface area contributed by atoms with Gasteiger partial charge in [0.15, 0.2) is 5.70 Å². The third-order valence-electron chi connectivity index (χ3n) is 5.83. The Labute approximate surface area is 214 Å². The molecule has 0 radical (unpaired) electrons. The molecule has 0 aliphatic heterocycles. The first-order valence-corrected chi connectivity index (χ1v) is 12.0. The van der Waals surface area contributed by atoms with Crippen molar-refractivity contribution in [2.24, 2.45) is 9.98 Å². The van der Waals surface area contributed by atoms with Gasteiger partial charge in [-0.3, -0.25) is 4.40 Å². The Balaban J connectivity index is 1.80. The zero-order valence-corrected chi connectivity index (χ0v) is 20.8. The van der Waals surface area contributed by atoms with Gasteiger partial charge in [-0.05, 0) is 62.7 Å². The van der Waals surface area contributed by atoms with E-state index in [1.807, 2.05) is 90.2 Å².